The van der Waals surface area contributed by atoms with Crippen molar-refractivity contribution in [1.82, 2.24) is 4.90 Å². The molecule has 0 aliphatic carbocycles. The number of allylic oxidation sites excluding steroid dienone is 2. The molecule has 1 N–H and O–H groups in total. The Labute approximate surface area is 163 Å². The third-order valence-electron chi connectivity index (χ3n) is 3.67. The molecule has 148 valence electrons. The van der Waals surface area contributed by atoms with Gasteiger partial charge in [-0.2, -0.15) is 0 Å². The lowest BCUT2D eigenvalue weighted by Crippen LogP contribution is -2.45. The summed E-state index contributed by atoms with van der Waals surface area (Å²) >= 11 is 0. The van der Waals surface area contributed by atoms with E-state index in [4.69, 9.17) is 0 Å². The number of aliphatic hydroxyl groups is 1. The highest BCUT2D eigenvalue weighted by Gasteiger charge is 2.34. The van der Waals surface area contributed by atoms with Crippen LogP contribution in [0.25, 0.3) is 0 Å². The third-order valence-corrected chi connectivity index (χ3v) is 3.67. The minimum Gasteiger partial charge on any atom is -0.385 e. The van der Waals surface area contributed by atoms with E-state index in [0.717, 1.165) is 31.5 Å². The van der Waals surface area contributed by atoms with Crippen molar-refractivity contribution in [3.8, 4) is 12.8 Å². The van der Waals surface area contributed by atoms with Gasteiger partial charge in [0.25, 0.3) is 0 Å². The molecule has 0 bridgehead atoms. The maximum absolute atomic E-state index is 10.6. The third kappa shape index (κ3) is 12.5. The van der Waals surface area contributed by atoms with Gasteiger partial charge in [-0.05, 0) is 46.1 Å². The quantitative estimate of drug-likeness (QED) is 0.514. The average Bonchev–Trinajstić information content (AvgIpc) is 2.67. The molecule has 1 aliphatic rings. The van der Waals surface area contributed by atoms with Crippen LogP contribution in [0.3, 0.4) is 0 Å². The summed E-state index contributed by atoms with van der Waals surface area (Å²) in [5, 5.41) is 10.6. The zero-order valence-corrected chi connectivity index (χ0v) is 17.9. The van der Waals surface area contributed by atoms with E-state index in [0.29, 0.717) is 6.04 Å². The highest BCUT2D eigenvalue weighted by atomic mass is 16.3. The smallest absolute Gasteiger partial charge is 0.0920 e. The lowest BCUT2D eigenvalue weighted by Gasteiger charge is -2.40. The van der Waals surface area contributed by atoms with Gasteiger partial charge in [-0.25, -0.2) is 0 Å². The summed E-state index contributed by atoms with van der Waals surface area (Å²) in [5.74, 6) is 0. The Balaban J connectivity index is -0.000000450. The van der Waals surface area contributed by atoms with Gasteiger partial charge in [-0.3, -0.25) is 0 Å². The molecular formula is C24H41NO. The first kappa shape index (κ1) is 29.0. The Kier molecular flexibility index (Phi) is 21.7. The highest BCUT2D eigenvalue weighted by Crippen LogP contribution is 2.32. The number of likely N-dealkylation sites (tertiary alicyclic amines) is 1. The topological polar surface area (TPSA) is 23.5 Å². The summed E-state index contributed by atoms with van der Waals surface area (Å²) in [4.78, 5) is 2.43. The number of hydrogen-bond donors (Lipinski definition) is 1. The molecule has 26 heavy (non-hydrogen) atoms. The monoisotopic (exact) mass is 359 g/mol. The molecule has 0 spiro atoms. The van der Waals surface area contributed by atoms with Crippen LogP contribution in [0, 0.1) is 12.8 Å². The number of rotatable bonds is 2. The number of nitrogens with zero attached hydrogens (tertiary/aromatic N) is 1. The summed E-state index contributed by atoms with van der Waals surface area (Å²) in [6, 6.07) is 10.6. The zero-order valence-electron chi connectivity index (χ0n) is 17.9. The molecule has 0 amide bonds. The Hall–Kier alpha value is -1.82. The van der Waals surface area contributed by atoms with Gasteiger partial charge < -0.3 is 10.0 Å². The largest absolute Gasteiger partial charge is 0.385 e. The van der Waals surface area contributed by atoms with Gasteiger partial charge >= 0.3 is 0 Å². The van der Waals surface area contributed by atoms with Gasteiger partial charge in [0.05, 0.1) is 5.60 Å². The fourth-order valence-corrected chi connectivity index (χ4v) is 2.45. The van der Waals surface area contributed by atoms with Crippen LogP contribution in [-0.2, 0) is 5.60 Å². The number of terminal acetylenes is 1. The molecule has 1 saturated heterocycles. The molecule has 0 radical (unpaired) electrons. The molecule has 1 aromatic carbocycles. The van der Waals surface area contributed by atoms with Crippen molar-refractivity contribution < 1.29 is 5.11 Å². The molecule has 2 heteroatoms. The van der Waals surface area contributed by atoms with Crippen molar-refractivity contribution in [3.63, 3.8) is 0 Å². The maximum atomic E-state index is 10.6. The van der Waals surface area contributed by atoms with Gasteiger partial charge in [0.15, 0.2) is 0 Å². The van der Waals surface area contributed by atoms with E-state index in [9.17, 15) is 5.11 Å². The minimum absolute atomic E-state index is 0.584. The Morgan fingerprint density at radius 3 is 1.65 bits per heavy atom. The standard InChI is InChI=1S/C14H21NO.2C3H6.C2H6.C2H2/c1-12(2)15-10-8-14(16,9-11-15)13-6-4-3-5-7-13;2*1-3-2;2*1-2/h3-7,12,16H,8-11H2,1-2H3;2*3H,1H2,2H3;1-2H3;1-2H. The minimum atomic E-state index is -0.605. The van der Waals surface area contributed by atoms with Crippen LogP contribution in [0.1, 0.15) is 59.9 Å². The predicted octanol–water partition coefficient (Wildman–Crippen LogP) is 6.04. The fraction of sp³-hybridized carbons (Fsp3) is 0.500. The summed E-state index contributed by atoms with van der Waals surface area (Å²) in [7, 11) is 0. The van der Waals surface area contributed by atoms with Crippen LogP contribution >= 0.6 is 0 Å². The van der Waals surface area contributed by atoms with Crippen LogP contribution in [0.15, 0.2) is 55.6 Å². The van der Waals surface area contributed by atoms with Crippen LogP contribution in [0.4, 0.5) is 0 Å². The first-order valence-electron chi connectivity index (χ1n) is 9.44. The van der Waals surface area contributed by atoms with Gasteiger partial charge in [-0.15, -0.1) is 26.0 Å². The SMILES string of the molecule is C#C.C=CC.C=CC.CC.CC(C)N1CCC(O)(c2ccccc2)CC1. The van der Waals surface area contributed by atoms with Gasteiger partial charge in [0, 0.05) is 19.1 Å². The van der Waals surface area contributed by atoms with Crippen LogP contribution in [0.2, 0.25) is 0 Å². The number of piperidine rings is 1. The van der Waals surface area contributed by atoms with Crippen molar-refractivity contribution in [3.05, 3.63) is 61.2 Å². The first-order chi connectivity index (χ1) is 12.4. The van der Waals surface area contributed by atoms with Crippen LogP contribution in [-0.4, -0.2) is 29.1 Å². The number of benzene rings is 1. The second kappa shape index (κ2) is 19.5. The molecular weight excluding hydrogens is 318 g/mol. The summed E-state index contributed by atoms with van der Waals surface area (Å²) < 4.78 is 0. The zero-order chi connectivity index (χ0) is 21.0. The molecule has 1 aromatic rings. The summed E-state index contributed by atoms with van der Waals surface area (Å²) in [6.45, 7) is 20.9. The molecule has 0 unspecified atom stereocenters. The Morgan fingerprint density at radius 2 is 1.35 bits per heavy atom. The predicted molar refractivity (Wildman–Crippen MR) is 119 cm³/mol. The molecule has 1 heterocycles. The van der Waals surface area contributed by atoms with E-state index < -0.39 is 5.60 Å². The van der Waals surface area contributed by atoms with Gasteiger partial charge in [-0.1, -0.05) is 56.3 Å². The molecule has 2 rings (SSSR count). The average molecular weight is 360 g/mol. The fourth-order valence-electron chi connectivity index (χ4n) is 2.45. The summed E-state index contributed by atoms with van der Waals surface area (Å²) in [6.07, 6.45) is 13.2. The van der Waals surface area contributed by atoms with Crippen LogP contribution < -0.4 is 0 Å². The molecule has 0 saturated carbocycles. The first-order valence-corrected chi connectivity index (χ1v) is 9.44. The van der Waals surface area contributed by atoms with E-state index in [-0.39, 0.29) is 0 Å². The number of hydrogen-bond acceptors (Lipinski definition) is 2. The Bertz CT molecular complexity index is 434. The molecule has 1 aliphatic heterocycles. The molecule has 0 aromatic heterocycles. The van der Waals surface area contributed by atoms with Crippen molar-refractivity contribution in [1.29, 1.82) is 0 Å². The Morgan fingerprint density at radius 1 is 1.00 bits per heavy atom. The van der Waals surface area contributed by atoms with E-state index in [2.05, 4.69) is 44.8 Å². The van der Waals surface area contributed by atoms with E-state index >= 15 is 0 Å². The highest BCUT2D eigenvalue weighted by molar-refractivity contribution is 5.22. The van der Waals surface area contributed by atoms with Crippen molar-refractivity contribution in [2.24, 2.45) is 0 Å². The van der Waals surface area contributed by atoms with Gasteiger partial charge in [0.2, 0.25) is 0 Å². The lowest BCUT2D eigenvalue weighted by molar-refractivity contribution is -0.0323. The van der Waals surface area contributed by atoms with Gasteiger partial charge in [0.1, 0.15) is 0 Å². The van der Waals surface area contributed by atoms with Crippen LogP contribution in [0.5, 0.6) is 0 Å². The molecule has 2 nitrogen and oxygen atoms in total. The second-order valence-corrected chi connectivity index (χ2v) is 5.84. The normalized spacial score (nSPS) is 14.4. The second-order valence-electron chi connectivity index (χ2n) is 5.84. The molecule has 0 atom stereocenters. The van der Waals surface area contributed by atoms with Crippen molar-refractivity contribution in [2.75, 3.05) is 13.1 Å². The van der Waals surface area contributed by atoms with E-state index in [1.165, 1.54) is 0 Å². The van der Waals surface area contributed by atoms with E-state index in [1.54, 1.807) is 12.2 Å². The van der Waals surface area contributed by atoms with Crippen molar-refractivity contribution in [2.45, 2.75) is 66.0 Å². The summed E-state index contributed by atoms with van der Waals surface area (Å²) in [5.41, 5.74) is 0.463. The lowest BCUT2D eigenvalue weighted by atomic mass is 9.84. The molecule has 1 fully saturated rings. The van der Waals surface area contributed by atoms with Crippen molar-refractivity contribution >= 4 is 0 Å². The maximum Gasteiger partial charge on any atom is 0.0920 e. The van der Waals surface area contributed by atoms with E-state index in [1.807, 2.05) is 58.0 Å².